The van der Waals surface area contributed by atoms with Gasteiger partial charge in [-0.15, -0.1) is 0 Å². The number of amides is 2. The predicted octanol–water partition coefficient (Wildman–Crippen LogP) is 4.17. The molecule has 2 amide bonds. The molecule has 0 heterocycles. The Bertz CT molecular complexity index is 734. The van der Waals surface area contributed by atoms with E-state index in [-0.39, 0.29) is 23.8 Å². The molecule has 4 nitrogen and oxygen atoms in total. The van der Waals surface area contributed by atoms with Crippen molar-refractivity contribution in [3.05, 3.63) is 71.8 Å². The van der Waals surface area contributed by atoms with Crippen molar-refractivity contribution in [2.75, 3.05) is 5.32 Å². The molecule has 4 heteroatoms. The molecular weight excluding hydrogens is 312 g/mol. The van der Waals surface area contributed by atoms with E-state index in [1.54, 1.807) is 18.2 Å². The summed E-state index contributed by atoms with van der Waals surface area (Å²) in [5.41, 5.74) is 2.72. The Kier molecular flexibility index (Phi) is 6.52. The average Bonchev–Trinajstić information content (AvgIpc) is 2.59. The number of benzene rings is 2. The summed E-state index contributed by atoms with van der Waals surface area (Å²) in [6.07, 6.45) is 3.29. The topological polar surface area (TPSA) is 58.2 Å². The highest BCUT2D eigenvalue weighted by Crippen LogP contribution is 2.21. The van der Waals surface area contributed by atoms with Crippen LogP contribution in [-0.2, 0) is 9.59 Å². The molecule has 2 rings (SSSR count). The van der Waals surface area contributed by atoms with Gasteiger partial charge in [-0.05, 0) is 35.3 Å². The quantitative estimate of drug-likeness (QED) is 0.778. The minimum atomic E-state index is -0.131. The van der Waals surface area contributed by atoms with Crippen LogP contribution in [0.5, 0.6) is 0 Å². The van der Waals surface area contributed by atoms with Crippen molar-refractivity contribution in [1.82, 2.24) is 5.32 Å². The third-order valence-corrected chi connectivity index (χ3v) is 3.78. The lowest BCUT2D eigenvalue weighted by atomic mass is 9.96. The second-order valence-corrected chi connectivity index (χ2v) is 6.28. The van der Waals surface area contributed by atoms with Crippen molar-refractivity contribution in [2.24, 2.45) is 5.92 Å². The summed E-state index contributed by atoms with van der Waals surface area (Å²) in [6, 6.07) is 17.3. The van der Waals surface area contributed by atoms with E-state index in [1.165, 1.54) is 13.0 Å². The standard InChI is InChI=1S/C21H24N2O2/c1-15(2)21(18-7-5-4-6-8-18)23-20(25)14-11-17-9-12-19(13-10-17)22-16(3)24/h4-15,21H,1-3H3,(H,22,24)(H,23,25)/b14-11+. The van der Waals surface area contributed by atoms with Crippen LogP contribution < -0.4 is 10.6 Å². The molecule has 0 spiro atoms. The van der Waals surface area contributed by atoms with Crippen LogP contribution >= 0.6 is 0 Å². The van der Waals surface area contributed by atoms with Crippen LogP contribution in [0.15, 0.2) is 60.7 Å². The number of rotatable bonds is 6. The zero-order valence-corrected chi connectivity index (χ0v) is 14.8. The van der Waals surface area contributed by atoms with E-state index in [4.69, 9.17) is 0 Å². The fourth-order valence-electron chi connectivity index (χ4n) is 2.55. The van der Waals surface area contributed by atoms with Gasteiger partial charge in [-0.1, -0.05) is 56.3 Å². The Morgan fingerprint density at radius 2 is 1.60 bits per heavy atom. The van der Waals surface area contributed by atoms with Gasteiger partial charge in [0.15, 0.2) is 0 Å². The number of anilines is 1. The molecule has 2 N–H and O–H groups in total. The zero-order valence-electron chi connectivity index (χ0n) is 14.8. The number of hydrogen-bond acceptors (Lipinski definition) is 2. The van der Waals surface area contributed by atoms with E-state index in [1.807, 2.05) is 42.5 Å². The first-order valence-electron chi connectivity index (χ1n) is 8.37. The number of nitrogens with one attached hydrogen (secondary N) is 2. The molecule has 0 aliphatic carbocycles. The van der Waals surface area contributed by atoms with Gasteiger partial charge >= 0.3 is 0 Å². The van der Waals surface area contributed by atoms with Crippen molar-refractivity contribution in [2.45, 2.75) is 26.8 Å². The summed E-state index contributed by atoms with van der Waals surface area (Å²) in [5.74, 6) is 0.0495. The Hall–Kier alpha value is -2.88. The molecule has 0 aliphatic rings. The van der Waals surface area contributed by atoms with E-state index in [9.17, 15) is 9.59 Å². The molecule has 0 fully saturated rings. The van der Waals surface area contributed by atoms with Gasteiger partial charge in [0.25, 0.3) is 0 Å². The van der Waals surface area contributed by atoms with Crippen LogP contribution in [0.25, 0.3) is 6.08 Å². The minimum Gasteiger partial charge on any atom is -0.345 e. The summed E-state index contributed by atoms with van der Waals surface area (Å²) < 4.78 is 0. The van der Waals surface area contributed by atoms with Crippen LogP contribution in [0.3, 0.4) is 0 Å². The molecule has 0 saturated carbocycles. The summed E-state index contributed by atoms with van der Waals surface area (Å²) in [5, 5.41) is 5.77. The first kappa shape index (κ1) is 18.5. The predicted molar refractivity (Wildman–Crippen MR) is 102 cm³/mol. The second kappa shape index (κ2) is 8.83. The van der Waals surface area contributed by atoms with E-state index in [0.717, 1.165) is 16.8 Å². The SMILES string of the molecule is CC(=O)Nc1ccc(/C=C/C(=O)NC(c2ccccc2)C(C)C)cc1. The average molecular weight is 336 g/mol. The van der Waals surface area contributed by atoms with Gasteiger partial charge in [0.1, 0.15) is 0 Å². The molecule has 2 aromatic carbocycles. The normalized spacial score (nSPS) is 12.2. The van der Waals surface area contributed by atoms with Crippen molar-refractivity contribution in [1.29, 1.82) is 0 Å². The van der Waals surface area contributed by atoms with E-state index in [0.29, 0.717) is 0 Å². The van der Waals surface area contributed by atoms with E-state index < -0.39 is 0 Å². The van der Waals surface area contributed by atoms with Crippen LogP contribution in [0.4, 0.5) is 5.69 Å². The number of hydrogen-bond donors (Lipinski definition) is 2. The first-order valence-corrected chi connectivity index (χ1v) is 8.37. The van der Waals surface area contributed by atoms with Crippen molar-refractivity contribution in [3.8, 4) is 0 Å². The first-order chi connectivity index (χ1) is 12.0. The second-order valence-electron chi connectivity index (χ2n) is 6.28. The highest BCUT2D eigenvalue weighted by atomic mass is 16.2. The fraction of sp³-hybridized carbons (Fsp3) is 0.238. The molecule has 2 aromatic rings. The number of carbonyl (C=O) groups is 2. The largest absolute Gasteiger partial charge is 0.345 e. The van der Waals surface area contributed by atoms with Gasteiger partial charge < -0.3 is 10.6 Å². The maximum atomic E-state index is 12.3. The third kappa shape index (κ3) is 5.92. The Morgan fingerprint density at radius 3 is 2.16 bits per heavy atom. The number of carbonyl (C=O) groups excluding carboxylic acids is 2. The lowest BCUT2D eigenvalue weighted by Gasteiger charge is -2.22. The maximum absolute atomic E-state index is 12.3. The lowest BCUT2D eigenvalue weighted by Crippen LogP contribution is -2.30. The molecule has 1 atom stereocenters. The summed E-state index contributed by atoms with van der Waals surface area (Å²) in [4.78, 5) is 23.3. The zero-order chi connectivity index (χ0) is 18.2. The summed E-state index contributed by atoms with van der Waals surface area (Å²) in [7, 11) is 0. The molecule has 0 aromatic heterocycles. The molecular formula is C21H24N2O2. The molecule has 0 bridgehead atoms. The molecule has 0 saturated heterocycles. The van der Waals surface area contributed by atoms with Crippen LogP contribution in [0, 0.1) is 5.92 Å². The van der Waals surface area contributed by atoms with Gasteiger partial charge in [0.05, 0.1) is 6.04 Å². The molecule has 25 heavy (non-hydrogen) atoms. The van der Waals surface area contributed by atoms with Crippen LogP contribution in [0.2, 0.25) is 0 Å². The molecule has 1 unspecified atom stereocenters. The van der Waals surface area contributed by atoms with Gasteiger partial charge in [0.2, 0.25) is 11.8 Å². The highest BCUT2D eigenvalue weighted by molar-refractivity contribution is 5.92. The van der Waals surface area contributed by atoms with Gasteiger partial charge in [-0.25, -0.2) is 0 Å². The van der Waals surface area contributed by atoms with Crippen LogP contribution in [-0.4, -0.2) is 11.8 Å². The minimum absolute atomic E-state index is 0.0273. The van der Waals surface area contributed by atoms with Gasteiger partial charge in [-0.3, -0.25) is 9.59 Å². The highest BCUT2D eigenvalue weighted by Gasteiger charge is 2.16. The summed E-state index contributed by atoms with van der Waals surface area (Å²) >= 11 is 0. The Labute approximate surface area is 149 Å². The van der Waals surface area contributed by atoms with Gasteiger partial charge in [0, 0.05) is 18.7 Å². The van der Waals surface area contributed by atoms with Gasteiger partial charge in [-0.2, -0.15) is 0 Å². The van der Waals surface area contributed by atoms with E-state index >= 15 is 0 Å². The van der Waals surface area contributed by atoms with Crippen molar-refractivity contribution in [3.63, 3.8) is 0 Å². The van der Waals surface area contributed by atoms with Crippen LogP contribution in [0.1, 0.15) is 37.9 Å². The monoisotopic (exact) mass is 336 g/mol. The Morgan fingerprint density at radius 1 is 0.960 bits per heavy atom. The lowest BCUT2D eigenvalue weighted by molar-refractivity contribution is -0.117. The molecule has 0 radical (unpaired) electrons. The van der Waals surface area contributed by atoms with Crippen molar-refractivity contribution < 1.29 is 9.59 Å². The smallest absolute Gasteiger partial charge is 0.244 e. The Balaban J connectivity index is 2.00. The van der Waals surface area contributed by atoms with Crippen molar-refractivity contribution >= 4 is 23.6 Å². The fourth-order valence-corrected chi connectivity index (χ4v) is 2.55. The maximum Gasteiger partial charge on any atom is 0.244 e. The molecule has 130 valence electrons. The third-order valence-electron chi connectivity index (χ3n) is 3.78. The summed E-state index contributed by atoms with van der Waals surface area (Å²) in [6.45, 7) is 5.64. The van der Waals surface area contributed by atoms with E-state index in [2.05, 4.69) is 24.5 Å². The molecule has 0 aliphatic heterocycles.